The highest BCUT2D eigenvalue weighted by atomic mass is 79.9. The van der Waals surface area contributed by atoms with Gasteiger partial charge in [-0.2, -0.15) is 0 Å². The molecule has 130 valence electrons. The Bertz CT molecular complexity index is 766. The summed E-state index contributed by atoms with van der Waals surface area (Å²) in [5.74, 6) is 0.241. The zero-order valence-corrected chi connectivity index (χ0v) is 16.3. The molecule has 0 spiro atoms. The third kappa shape index (κ3) is 5.00. The van der Waals surface area contributed by atoms with Gasteiger partial charge in [-0.25, -0.2) is 0 Å². The van der Waals surface area contributed by atoms with E-state index in [4.69, 9.17) is 23.2 Å². The average Bonchev–Trinajstić information content (AvgIpc) is 2.51. The number of hydrogen-bond acceptors (Lipinski definition) is 4. The molecule has 2 N–H and O–H groups in total. The van der Waals surface area contributed by atoms with Crippen LogP contribution < -0.4 is 0 Å². The lowest BCUT2D eigenvalue weighted by Crippen LogP contribution is -1.91. The first-order chi connectivity index (χ1) is 11.1. The predicted octanol–water partition coefficient (Wildman–Crippen LogP) is 6.19. The fraction of sp³-hybridized carbons (Fsp3) is 0.250. The van der Waals surface area contributed by atoms with Crippen LogP contribution in [0.5, 0.6) is 11.5 Å². The molecule has 0 fully saturated rings. The standard InChI is InChI=1S/C9H11ClO.C7H5BrClNO3/c1-6(2)8-5-7(10)3-4-9(8)11;1-3-4(9)2-5(10(12)13)7(11)6(3)8/h3-6,11H,1-2H3;2,11H,1H3. The number of nitro benzene ring substituents is 1. The lowest BCUT2D eigenvalue weighted by atomic mass is 10.0. The van der Waals surface area contributed by atoms with Gasteiger partial charge in [0.2, 0.25) is 5.75 Å². The molecule has 8 heteroatoms. The molecular formula is C16H16BrCl2NO4. The van der Waals surface area contributed by atoms with Crippen LogP contribution in [0.15, 0.2) is 28.7 Å². The Balaban J connectivity index is 0.000000243. The van der Waals surface area contributed by atoms with Gasteiger partial charge >= 0.3 is 5.69 Å². The van der Waals surface area contributed by atoms with Gasteiger partial charge in [0.05, 0.1) is 14.4 Å². The topological polar surface area (TPSA) is 83.6 Å². The number of nitrogens with zero attached hydrogens (tertiary/aromatic N) is 1. The van der Waals surface area contributed by atoms with Crippen molar-refractivity contribution in [3.63, 3.8) is 0 Å². The first-order valence-electron chi connectivity index (χ1n) is 6.86. The number of nitro groups is 1. The molecule has 0 aliphatic carbocycles. The Morgan fingerprint density at radius 1 is 1.21 bits per heavy atom. The van der Waals surface area contributed by atoms with Crippen LogP contribution in [0.4, 0.5) is 5.69 Å². The van der Waals surface area contributed by atoms with Crippen molar-refractivity contribution >= 4 is 44.8 Å². The number of aromatic hydroxyl groups is 2. The fourth-order valence-electron chi connectivity index (χ4n) is 1.82. The van der Waals surface area contributed by atoms with Crippen molar-refractivity contribution in [2.24, 2.45) is 0 Å². The largest absolute Gasteiger partial charge is 0.508 e. The first-order valence-corrected chi connectivity index (χ1v) is 8.41. The summed E-state index contributed by atoms with van der Waals surface area (Å²) in [6.45, 7) is 5.69. The molecule has 5 nitrogen and oxygen atoms in total. The van der Waals surface area contributed by atoms with E-state index >= 15 is 0 Å². The number of phenols is 2. The minimum atomic E-state index is -0.689. The second-order valence-corrected chi connectivity index (χ2v) is 6.92. The van der Waals surface area contributed by atoms with E-state index in [2.05, 4.69) is 15.9 Å². The summed E-state index contributed by atoms with van der Waals surface area (Å²) in [5, 5.41) is 30.0. The van der Waals surface area contributed by atoms with Crippen LogP contribution >= 0.6 is 39.1 Å². The summed E-state index contributed by atoms with van der Waals surface area (Å²) in [5.41, 5.74) is 1.07. The fourth-order valence-corrected chi connectivity index (χ4v) is 2.73. The molecule has 0 aromatic heterocycles. The van der Waals surface area contributed by atoms with E-state index in [1.807, 2.05) is 13.8 Å². The van der Waals surface area contributed by atoms with Gasteiger partial charge < -0.3 is 10.2 Å². The van der Waals surface area contributed by atoms with E-state index in [0.717, 1.165) is 11.6 Å². The number of benzene rings is 2. The molecule has 0 saturated heterocycles. The quantitative estimate of drug-likeness (QED) is 0.433. The number of phenolic OH excluding ortho intramolecular Hbond substituents is 2. The minimum absolute atomic E-state index is 0.247. The van der Waals surface area contributed by atoms with Gasteiger partial charge in [-0.3, -0.25) is 10.1 Å². The minimum Gasteiger partial charge on any atom is -0.508 e. The molecule has 0 bridgehead atoms. The molecule has 0 saturated carbocycles. The van der Waals surface area contributed by atoms with Crippen LogP contribution in [0, 0.1) is 17.0 Å². The molecule has 0 aliphatic rings. The molecule has 0 atom stereocenters. The smallest absolute Gasteiger partial charge is 0.313 e. The second kappa shape index (κ2) is 8.55. The Morgan fingerprint density at radius 2 is 1.79 bits per heavy atom. The second-order valence-electron chi connectivity index (χ2n) is 5.28. The summed E-state index contributed by atoms with van der Waals surface area (Å²) in [6, 6.07) is 6.22. The molecule has 2 rings (SSSR count). The predicted molar refractivity (Wildman–Crippen MR) is 99.4 cm³/mol. The third-order valence-electron chi connectivity index (χ3n) is 3.21. The summed E-state index contributed by atoms with van der Waals surface area (Å²) in [7, 11) is 0. The van der Waals surface area contributed by atoms with Gasteiger partial charge in [-0.15, -0.1) is 0 Å². The molecule has 24 heavy (non-hydrogen) atoms. The molecule has 0 amide bonds. The number of rotatable bonds is 2. The van der Waals surface area contributed by atoms with Crippen molar-refractivity contribution in [1.29, 1.82) is 0 Å². The van der Waals surface area contributed by atoms with Crippen molar-refractivity contribution in [3.05, 3.63) is 60.0 Å². The molecule has 0 unspecified atom stereocenters. The third-order valence-corrected chi connectivity index (χ3v) is 4.81. The lowest BCUT2D eigenvalue weighted by molar-refractivity contribution is -0.385. The van der Waals surface area contributed by atoms with Crippen LogP contribution in [0.3, 0.4) is 0 Å². The van der Waals surface area contributed by atoms with Gasteiger partial charge in [0.15, 0.2) is 0 Å². The molecule has 0 heterocycles. The van der Waals surface area contributed by atoms with Gasteiger partial charge in [-0.05, 0) is 58.1 Å². The van der Waals surface area contributed by atoms with Gasteiger partial charge in [0, 0.05) is 11.1 Å². The van der Waals surface area contributed by atoms with Crippen LogP contribution in [-0.4, -0.2) is 15.1 Å². The van der Waals surface area contributed by atoms with E-state index in [1.54, 1.807) is 25.1 Å². The maximum atomic E-state index is 10.4. The van der Waals surface area contributed by atoms with E-state index in [0.29, 0.717) is 22.3 Å². The van der Waals surface area contributed by atoms with Crippen LogP contribution in [0.2, 0.25) is 10.0 Å². The zero-order valence-electron chi connectivity index (χ0n) is 13.2. The maximum absolute atomic E-state index is 10.4. The van der Waals surface area contributed by atoms with Gasteiger partial charge in [0.1, 0.15) is 5.75 Å². The van der Waals surface area contributed by atoms with Crippen molar-refractivity contribution < 1.29 is 15.1 Å². The van der Waals surface area contributed by atoms with E-state index < -0.39 is 16.4 Å². The van der Waals surface area contributed by atoms with Crippen molar-refractivity contribution in [3.8, 4) is 11.5 Å². The molecule has 0 radical (unpaired) electrons. The lowest BCUT2D eigenvalue weighted by Gasteiger charge is -2.07. The Kier molecular flexibility index (Phi) is 7.32. The molecule has 2 aromatic carbocycles. The molecular weight excluding hydrogens is 421 g/mol. The maximum Gasteiger partial charge on any atom is 0.313 e. The number of hydrogen-bond donors (Lipinski definition) is 2. The van der Waals surface area contributed by atoms with Crippen molar-refractivity contribution in [2.45, 2.75) is 26.7 Å². The van der Waals surface area contributed by atoms with E-state index in [9.17, 15) is 20.3 Å². The Hall–Kier alpha value is -1.50. The normalized spacial score (nSPS) is 10.3. The molecule has 0 aliphatic heterocycles. The summed E-state index contributed by atoms with van der Waals surface area (Å²) in [6.07, 6.45) is 0. The SMILES string of the molecule is CC(C)c1cc(Cl)ccc1O.Cc1c(Cl)cc([N+](=O)[O-])c(O)c1Br. The van der Waals surface area contributed by atoms with Gasteiger partial charge in [-0.1, -0.05) is 37.0 Å². The van der Waals surface area contributed by atoms with E-state index in [1.165, 1.54) is 0 Å². The van der Waals surface area contributed by atoms with Gasteiger partial charge in [0.25, 0.3) is 0 Å². The highest BCUT2D eigenvalue weighted by Gasteiger charge is 2.19. The Morgan fingerprint density at radius 3 is 2.25 bits per heavy atom. The van der Waals surface area contributed by atoms with E-state index in [-0.39, 0.29) is 9.50 Å². The monoisotopic (exact) mass is 435 g/mol. The first kappa shape index (κ1) is 20.5. The van der Waals surface area contributed by atoms with Crippen molar-refractivity contribution in [1.82, 2.24) is 0 Å². The summed E-state index contributed by atoms with van der Waals surface area (Å²) >= 11 is 14.4. The zero-order chi connectivity index (χ0) is 18.6. The number of halogens is 3. The highest BCUT2D eigenvalue weighted by Crippen LogP contribution is 2.39. The van der Waals surface area contributed by atoms with Crippen LogP contribution in [-0.2, 0) is 0 Å². The average molecular weight is 437 g/mol. The summed E-state index contributed by atoms with van der Waals surface area (Å²) in [4.78, 5) is 9.71. The summed E-state index contributed by atoms with van der Waals surface area (Å²) < 4.78 is 0.256. The Labute approximate surface area is 158 Å². The highest BCUT2D eigenvalue weighted by molar-refractivity contribution is 9.10. The van der Waals surface area contributed by atoms with Crippen LogP contribution in [0.25, 0.3) is 0 Å². The molecule has 2 aromatic rings. The van der Waals surface area contributed by atoms with Crippen molar-refractivity contribution in [2.75, 3.05) is 0 Å². The van der Waals surface area contributed by atoms with Crippen LogP contribution in [0.1, 0.15) is 30.9 Å².